The van der Waals surface area contributed by atoms with Gasteiger partial charge in [-0.05, 0) is 62.1 Å². The molecule has 0 unspecified atom stereocenters. The Labute approximate surface area is 157 Å². The molecule has 5 rings (SSSR count). The van der Waals surface area contributed by atoms with Crippen molar-refractivity contribution in [2.45, 2.75) is 63.3 Å². The zero-order valence-electron chi connectivity index (χ0n) is 15.8. The Morgan fingerprint density at radius 3 is 2.54 bits per heavy atom. The van der Waals surface area contributed by atoms with Crippen molar-refractivity contribution in [3.63, 3.8) is 0 Å². The molecule has 0 spiro atoms. The summed E-state index contributed by atoms with van der Waals surface area (Å²) in [6.45, 7) is 6.45. The fourth-order valence-electron chi connectivity index (χ4n) is 5.10. The summed E-state index contributed by atoms with van der Waals surface area (Å²) >= 11 is 0. The third-order valence-electron chi connectivity index (χ3n) is 6.74. The molecule has 2 aliphatic carbocycles. The Hall–Kier alpha value is -1.10. The van der Waals surface area contributed by atoms with Crippen molar-refractivity contribution >= 4 is 0 Å². The van der Waals surface area contributed by atoms with Gasteiger partial charge in [-0.15, -0.1) is 0 Å². The van der Waals surface area contributed by atoms with E-state index in [9.17, 15) is 0 Å². The maximum atomic E-state index is 6.09. The van der Waals surface area contributed by atoms with E-state index in [-0.39, 0.29) is 0 Å². The molecule has 2 saturated carbocycles. The van der Waals surface area contributed by atoms with Crippen LogP contribution in [0.1, 0.15) is 44.1 Å². The Balaban J connectivity index is 1.15. The van der Waals surface area contributed by atoms with E-state index in [1.54, 1.807) is 0 Å². The van der Waals surface area contributed by atoms with Gasteiger partial charge in [0.05, 0.1) is 19.3 Å². The molecule has 0 N–H and O–H groups in total. The highest BCUT2D eigenvalue weighted by Crippen LogP contribution is 2.38. The van der Waals surface area contributed by atoms with Crippen LogP contribution in [0.4, 0.5) is 0 Å². The molecule has 2 saturated heterocycles. The summed E-state index contributed by atoms with van der Waals surface area (Å²) in [4.78, 5) is 5.36. The summed E-state index contributed by atoms with van der Waals surface area (Å²) in [6, 6.07) is 10.1. The molecule has 2 aliphatic heterocycles. The summed E-state index contributed by atoms with van der Waals surface area (Å²) in [5.41, 5.74) is 1.40. The van der Waals surface area contributed by atoms with Gasteiger partial charge in [0.1, 0.15) is 5.75 Å². The minimum absolute atomic E-state index is 0.444. The predicted molar refractivity (Wildman–Crippen MR) is 102 cm³/mol. The maximum Gasteiger partial charge on any atom is 0.119 e. The van der Waals surface area contributed by atoms with Gasteiger partial charge in [-0.1, -0.05) is 12.1 Å². The van der Waals surface area contributed by atoms with Crippen LogP contribution in [0.15, 0.2) is 24.3 Å². The van der Waals surface area contributed by atoms with E-state index < -0.39 is 0 Å². The molecule has 0 aromatic heterocycles. The van der Waals surface area contributed by atoms with Crippen LogP contribution in [0.25, 0.3) is 0 Å². The van der Waals surface area contributed by atoms with Crippen molar-refractivity contribution < 1.29 is 9.47 Å². The van der Waals surface area contributed by atoms with E-state index in [0.29, 0.717) is 18.2 Å². The van der Waals surface area contributed by atoms with E-state index in [2.05, 4.69) is 34.1 Å². The van der Waals surface area contributed by atoms with Crippen molar-refractivity contribution in [1.82, 2.24) is 9.80 Å². The zero-order chi connectivity index (χ0) is 17.3. The largest absolute Gasteiger partial charge is 0.490 e. The van der Waals surface area contributed by atoms with Gasteiger partial charge in [0, 0.05) is 38.3 Å². The highest BCUT2D eigenvalue weighted by atomic mass is 16.5. The Morgan fingerprint density at radius 2 is 1.77 bits per heavy atom. The van der Waals surface area contributed by atoms with Gasteiger partial charge in [-0.25, -0.2) is 0 Å². The highest BCUT2D eigenvalue weighted by molar-refractivity contribution is 5.27. The molecule has 4 nitrogen and oxygen atoms in total. The lowest BCUT2D eigenvalue weighted by Crippen LogP contribution is -2.62. The second kappa shape index (κ2) is 7.49. The third-order valence-corrected chi connectivity index (χ3v) is 6.74. The van der Waals surface area contributed by atoms with E-state index >= 15 is 0 Å². The molecule has 4 heteroatoms. The minimum Gasteiger partial charge on any atom is -0.490 e. The van der Waals surface area contributed by atoms with Gasteiger partial charge in [0.25, 0.3) is 0 Å². The fourth-order valence-corrected chi connectivity index (χ4v) is 5.10. The molecule has 4 fully saturated rings. The van der Waals surface area contributed by atoms with Gasteiger partial charge in [0.15, 0.2) is 0 Å². The van der Waals surface area contributed by atoms with Gasteiger partial charge in [-0.3, -0.25) is 9.80 Å². The summed E-state index contributed by atoms with van der Waals surface area (Å²) < 4.78 is 12.0. The van der Waals surface area contributed by atoms with Crippen LogP contribution in [0.2, 0.25) is 0 Å². The van der Waals surface area contributed by atoms with E-state index in [1.807, 2.05) is 0 Å². The second-order valence-corrected chi connectivity index (χ2v) is 8.74. The molecule has 4 aliphatic rings. The van der Waals surface area contributed by atoms with Gasteiger partial charge < -0.3 is 9.47 Å². The lowest BCUT2D eigenvalue weighted by Gasteiger charge is -2.48. The molecule has 26 heavy (non-hydrogen) atoms. The molecular weight excluding hydrogens is 324 g/mol. The van der Waals surface area contributed by atoms with E-state index in [0.717, 1.165) is 38.0 Å². The molecule has 1 aromatic carbocycles. The summed E-state index contributed by atoms with van der Waals surface area (Å²) in [6.07, 6.45) is 8.35. The van der Waals surface area contributed by atoms with Crippen LogP contribution >= 0.6 is 0 Å². The van der Waals surface area contributed by atoms with Gasteiger partial charge >= 0.3 is 0 Å². The van der Waals surface area contributed by atoms with Crippen LogP contribution in [0.5, 0.6) is 5.75 Å². The number of fused-ring (bicyclic) bond motifs is 1. The summed E-state index contributed by atoms with van der Waals surface area (Å²) in [7, 11) is 0. The first-order valence-corrected chi connectivity index (χ1v) is 10.7. The summed E-state index contributed by atoms with van der Waals surface area (Å²) in [5.74, 6) is 1.95. The van der Waals surface area contributed by atoms with Gasteiger partial charge in [0.2, 0.25) is 0 Å². The molecule has 0 bridgehead atoms. The molecule has 1 aromatic rings. The van der Waals surface area contributed by atoms with E-state index in [4.69, 9.17) is 9.47 Å². The monoisotopic (exact) mass is 356 g/mol. The number of benzene rings is 1. The number of morpholine rings is 1. The molecule has 0 amide bonds. The van der Waals surface area contributed by atoms with Crippen LogP contribution in [0, 0.1) is 5.92 Å². The van der Waals surface area contributed by atoms with Gasteiger partial charge in [-0.2, -0.15) is 0 Å². The van der Waals surface area contributed by atoms with Crippen molar-refractivity contribution in [1.29, 1.82) is 0 Å². The normalized spacial score (nSPS) is 31.1. The van der Waals surface area contributed by atoms with Crippen molar-refractivity contribution in [3.05, 3.63) is 29.8 Å². The number of piperazine rings is 1. The van der Waals surface area contributed by atoms with E-state index in [1.165, 1.54) is 57.2 Å². The lowest BCUT2D eigenvalue weighted by atomic mass is 10.0. The first-order valence-electron chi connectivity index (χ1n) is 10.7. The molecule has 2 atom stereocenters. The Kier molecular flexibility index (Phi) is 4.91. The molecule has 142 valence electrons. The smallest absolute Gasteiger partial charge is 0.119 e. The molecule has 2 heterocycles. The Bertz CT molecular complexity index is 595. The topological polar surface area (TPSA) is 24.9 Å². The first kappa shape index (κ1) is 17.0. The average Bonchev–Trinajstić information content (AvgIpc) is 3.39. The Morgan fingerprint density at radius 1 is 0.962 bits per heavy atom. The lowest BCUT2D eigenvalue weighted by molar-refractivity contribution is -0.0880. The minimum atomic E-state index is 0.444. The van der Waals surface area contributed by atoms with Crippen LogP contribution in [-0.2, 0) is 11.3 Å². The number of hydrogen-bond donors (Lipinski definition) is 0. The number of ether oxygens (including phenoxy) is 2. The van der Waals surface area contributed by atoms with Crippen LogP contribution in [0.3, 0.4) is 0 Å². The maximum absolute atomic E-state index is 6.09. The number of rotatable bonds is 5. The highest BCUT2D eigenvalue weighted by Gasteiger charge is 2.42. The summed E-state index contributed by atoms with van der Waals surface area (Å²) in [5, 5.41) is 0. The molecular formula is C22H32N2O2. The third kappa shape index (κ3) is 3.78. The second-order valence-electron chi connectivity index (χ2n) is 8.74. The predicted octanol–water partition coefficient (Wildman–Crippen LogP) is 3.30. The fraction of sp³-hybridized carbons (Fsp3) is 0.727. The van der Waals surface area contributed by atoms with Crippen molar-refractivity contribution in [2.75, 3.05) is 32.8 Å². The standard InChI is InChI=1S/C22H32N2O2/c1-2-4-20(3-1)26-21-9-5-17(6-10-21)13-23-11-12-24-19(14-23)15-25-16-22(24)18-7-8-18/h5-6,9-10,18-20,22H,1-4,7-8,11-16H2/t19-,22-/m1/s1. The van der Waals surface area contributed by atoms with Crippen LogP contribution in [-0.4, -0.2) is 60.8 Å². The molecule has 0 radical (unpaired) electrons. The quantitative estimate of drug-likeness (QED) is 0.808. The SMILES string of the molecule is c1cc(OC2CCCC2)ccc1CN1CCN2[C@@H](COC[C@@H]2C2CC2)C1. The van der Waals surface area contributed by atoms with Crippen LogP contribution < -0.4 is 4.74 Å². The number of nitrogens with zero attached hydrogens (tertiary/aromatic N) is 2. The van der Waals surface area contributed by atoms with Crippen molar-refractivity contribution in [3.8, 4) is 5.75 Å². The number of hydrogen-bond acceptors (Lipinski definition) is 4. The average molecular weight is 357 g/mol. The zero-order valence-corrected chi connectivity index (χ0v) is 15.8. The first-order chi connectivity index (χ1) is 12.8. The van der Waals surface area contributed by atoms with Crippen molar-refractivity contribution in [2.24, 2.45) is 5.92 Å².